The third kappa shape index (κ3) is 5.34. The number of carbonyl (C=O) groups is 1. The molecule has 0 bridgehead atoms. The minimum absolute atomic E-state index is 0.0322. The molecule has 0 saturated carbocycles. The molecule has 170 valence electrons. The van der Waals surface area contributed by atoms with Crippen LogP contribution in [0.3, 0.4) is 0 Å². The Labute approximate surface area is 190 Å². The second-order valence-corrected chi connectivity index (χ2v) is 8.14. The van der Waals surface area contributed by atoms with Crippen LogP contribution in [-0.2, 0) is 12.7 Å². The summed E-state index contributed by atoms with van der Waals surface area (Å²) in [5.41, 5.74) is 3.00. The van der Waals surface area contributed by atoms with E-state index in [2.05, 4.69) is 25.3 Å². The number of halogens is 3. The zero-order chi connectivity index (χ0) is 23.6. The van der Waals surface area contributed by atoms with Crippen molar-refractivity contribution in [1.29, 1.82) is 0 Å². The summed E-state index contributed by atoms with van der Waals surface area (Å²) in [5, 5.41) is 8.54. The van der Waals surface area contributed by atoms with Crippen molar-refractivity contribution in [3.8, 4) is 11.1 Å². The van der Waals surface area contributed by atoms with Gasteiger partial charge in [-0.05, 0) is 47.8 Å². The molecule has 1 aromatic carbocycles. The highest BCUT2D eigenvalue weighted by atomic mass is 32.1. The molecule has 0 fully saturated rings. The summed E-state index contributed by atoms with van der Waals surface area (Å²) in [5.74, 6) is 0.0322. The Bertz CT molecular complexity index is 1260. The third-order valence-electron chi connectivity index (χ3n) is 4.68. The van der Waals surface area contributed by atoms with Gasteiger partial charge >= 0.3 is 18.1 Å². The van der Waals surface area contributed by atoms with Crippen molar-refractivity contribution in [2.24, 2.45) is 0 Å². The van der Waals surface area contributed by atoms with Crippen LogP contribution in [0.1, 0.15) is 21.8 Å². The lowest BCUT2D eigenvalue weighted by Crippen LogP contribution is -2.35. The summed E-state index contributed by atoms with van der Waals surface area (Å²) in [6, 6.07) is 9.15. The number of nitrogens with zero attached hydrogens (tertiary/aromatic N) is 4. The smallest absolute Gasteiger partial charge is 0.308 e. The van der Waals surface area contributed by atoms with E-state index in [1.807, 2.05) is 38.1 Å². The van der Waals surface area contributed by atoms with Crippen molar-refractivity contribution < 1.29 is 27.2 Å². The molecule has 2 amide bonds. The zero-order valence-corrected chi connectivity index (χ0v) is 18.3. The Morgan fingerprint density at radius 1 is 1.15 bits per heavy atom. The Hall–Kier alpha value is -3.80. The van der Waals surface area contributed by atoms with Crippen molar-refractivity contribution in [3.63, 3.8) is 0 Å². The molecule has 0 spiro atoms. The Balaban J connectivity index is 1.37. The van der Waals surface area contributed by atoms with Gasteiger partial charge in [-0.25, -0.2) is 4.79 Å². The number of alkyl halides is 3. The molecule has 0 aliphatic carbocycles. The van der Waals surface area contributed by atoms with E-state index in [1.54, 1.807) is 0 Å². The summed E-state index contributed by atoms with van der Waals surface area (Å²) in [4.78, 5) is 16.5. The van der Waals surface area contributed by atoms with Crippen molar-refractivity contribution in [2.75, 3.05) is 10.6 Å². The van der Waals surface area contributed by atoms with Crippen LogP contribution >= 0.6 is 11.5 Å². The van der Waals surface area contributed by atoms with E-state index in [9.17, 15) is 18.0 Å². The maximum Gasteiger partial charge on any atom is 0.433 e. The highest BCUT2D eigenvalue weighted by molar-refractivity contribution is 7.06. The molecule has 0 radical (unpaired) electrons. The van der Waals surface area contributed by atoms with Crippen LogP contribution in [0.15, 0.2) is 53.3 Å². The molecule has 0 aliphatic rings. The molecule has 33 heavy (non-hydrogen) atoms. The van der Waals surface area contributed by atoms with Crippen LogP contribution in [0.5, 0.6) is 0 Å². The van der Waals surface area contributed by atoms with E-state index in [-0.39, 0.29) is 11.6 Å². The first-order valence-electron chi connectivity index (χ1n) is 9.69. The average Bonchev–Trinajstić information content (AvgIpc) is 3.33. The van der Waals surface area contributed by atoms with Crippen LogP contribution in [-0.4, -0.2) is 20.7 Å². The number of aromatic nitrogens is 4. The lowest BCUT2D eigenvalue weighted by Gasteiger charge is -2.08. The number of benzene rings is 1. The molecule has 12 heteroatoms. The van der Waals surface area contributed by atoms with Crippen LogP contribution < -0.4 is 15.3 Å². The van der Waals surface area contributed by atoms with E-state index in [1.165, 1.54) is 28.5 Å². The number of amides is 2. The topological polar surface area (TPSA) is 96.8 Å². The number of pyridine rings is 1. The number of hydrogen-bond acceptors (Lipinski definition) is 6. The van der Waals surface area contributed by atoms with Gasteiger partial charge in [0.2, 0.25) is 11.8 Å². The first-order valence-corrected chi connectivity index (χ1v) is 10.5. The summed E-state index contributed by atoms with van der Waals surface area (Å²) in [6.45, 7) is 4.41. The molecular weight excluding hydrogens is 457 g/mol. The molecule has 0 atom stereocenters. The monoisotopic (exact) mass is 475 g/mol. The highest BCUT2D eigenvalue weighted by Gasteiger charge is 2.32. The van der Waals surface area contributed by atoms with Gasteiger partial charge in [-0.15, -0.1) is 0 Å². The second kappa shape index (κ2) is 8.98. The van der Waals surface area contributed by atoms with Crippen LogP contribution in [0.4, 0.5) is 29.5 Å². The molecule has 0 unspecified atom stereocenters. The number of aryl methyl sites for hydroxylation is 2. The predicted octanol–water partition coefficient (Wildman–Crippen LogP) is 4.81. The second-order valence-electron chi connectivity index (χ2n) is 7.17. The van der Waals surface area contributed by atoms with Gasteiger partial charge in [0.1, 0.15) is 5.69 Å². The van der Waals surface area contributed by atoms with Gasteiger partial charge in [0.25, 0.3) is 6.20 Å². The first kappa shape index (κ1) is 22.4. The highest BCUT2D eigenvalue weighted by Crippen LogP contribution is 2.30. The number of urea groups is 1. The van der Waals surface area contributed by atoms with E-state index in [0.717, 1.165) is 39.5 Å². The summed E-state index contributed by atoms with van der Waals surface area (Å²) in [7, 11) is 0. The van der Waals surface area contributed by atoms with E-state index in [0.29, 0.717) is 6.54 Å². The quantitative estimate of drug-likeness (QED) is 0.404. The normalized spacial score (nSPS) is 11.4. The van der Waals surface area contributed by atoms with Gasteiger partial charge in [-0.3, -0.25) is 14.8 Å². The Morgan fingerprint density at radius 2 is 1.91 bits per heavy atom. The van der Waals surface area contributed by atoms with Crippen molar-refractivity contribution in [1.82, 2.24) is 14.6 Å². The van der Waals surface area contributed by atoms with Crippen molar-refractivity contribution in [2.45, 2.75) is 26.6 Å². The van der Waals surface area contributed by atoms with Gasteiger partial charge in [-0.1, -0.05) is 24.3 Å². The zero-order valence-electron chi connectivity index (χ0n) is 17.5. The maximum atomic E-state index is 12.7. The van der Waals surface area contributed by atoms with Gasteiger partial charge in [0.15, 0.2) is 0 Å². The molecule has 4 aromatic rings. The van der Waals surface area contributed by atoms with Crippen LogP contribution in [0.2, 0.25) is 0 Å². The predicted molar refractivity (Wildman–Crippen MR) is 115 cm³/mol. The fourth-order valence-corrected chi connectivity index (χ4v) is 3.93. The largest absolute Gasteiger partial charge is 0.433 e. The minimum atomic E-state index is -4.61. The molecule has 3 aromatic heterocycles. The number of hydrogen-bond donors (Lipinski definition) is 2. The maximum absolute atomic E-state index is 12.7. The van der Waals surface area contributed by atoms with Gasteiger partial charge in [0, 0.05) is 27.9 Å². The van der Waals surface area contributed by atoms with E-state index in [4.69, 9.17) is 4.52 Å². The van der Waals surface area contributed by atoms with E-state index < -0.39 is 17.9 Å². The molecule has 3 heterocycles. The SMILES string of the molecule is Cc1nsc(C)c1-c1ccc(C[n+]2cc(NC(=O)Nc3ccnc(C(F)(F)F)c3)on2)cc1. The number of anilines is 2. The van der Waals surface area contributed by atoms with Crippen LogP contribution in [0.25, 0.3) is 11.1 Å². The number of carbonyl (C=O) groups excluding carboxylic acids is 1. The Kier molecular flexibility index (Phi) is 6.09. The van der Waals surface area contributed by atoms with Gasteiger partial charge in [-0.2, -0.15) is 17.5 Å². The molecule has 4 rings (SSSR count). The summed E-state index contributed by atoms with van der Waals surface area (Å²) >= 11 is 1.47. The average molecular weight is 475 g/mol. The standard InChI is InChI=1S/C21H17F3N6O2S/c1-12-19(13(2)33-28-12)15-5-3-14(4-6-15)10-30-11-18(32-29-30)27-20(31)26-16-7-8-25-17(9-16)21(22,23)24/h3-9,11H,10H2,1-2H3,(H-,25,26,27,29,31)/p+1. The molecule has 0 saturated heterocycles. The van der Waals surface area contributed by atoms with Crippen LogP contribution in [0, 0.1) is 13.8 Å². The Morgan fingerprint density at radius 3 is 2.58 bits per heavy atom. The minimum Gasteiger partial charge on any atom is -0.308 e. The molecule has 8 nitrogen and oxygen atoms in total. The van der Waals surface area contributed by atoms with Gasteiger partial charge in [0.05, 0.1) is 5.69 Å². The fraction of sp³-hybridized carbons (Fsp3) is 0.190. The summed E-state index contributed by atoms with van der Waals surface area (Å²) < 4.78 is 49.2. The first-order chi connectivity index (χ1) is 15.7. The van der Waals surface area contributed by atoms with Crippen molar-refractivity contribution >= 4 is 29.1 Å². The third-order valence-corrected chi connectivity index (χ3v) is 5.52. The van der Waals surface area contributed by atoms with Crippen molar-refractivity contribution in [3.05, 3.63) is 70.6 Å². The lowest BCUT2D eigenvalue weighted by atomic mass is 10.0. The molecular formula is C21H18F3N6O2S+. The number of rotatable bonds is 5. The molecule has 0 aliphatic heterocycles. The van der Waals surface area contributed by atoms with E-state index >= 15 is 0 Å². The number of nitrogens with one attached hydrogen (secondary N) is 2. The summed E-state index contributed by atoms with van der Waals surface area (Å²) in [6.07, 6.45) is -2.18. The fourth-order valence-electron chi connectivity index (χ4n) is 3.21. The molecule has 2 N–H and O–H groups in total. The lowest BCUT2D eigenvalue weighted by molar-refractivity contribution is -0.754. The van der Waals surface area contributed by atoms with Gasteiger partial charge < -0.3 is 5.32 Å².